The van der Waals surface area contributed by atoms with E-state index in [4.69, 9.17) is 11.6 Å². The monoisotopic (exact) mass is 406 g/mol. The van der Waals surface area contributed by atoms with E-state index >= 15 is 0 Å². The highest BCUT2D eigenvalue weighted by Crippen LogP contribution is 2.40. The number of carbonyl (C=O) groups is 1. The second-order valence-electron chi connectivity index (χ2n) is 6.37. The van der Waals surface area contributed by atoms with Crippen LogP contribution in [0.4, 0.5) is 15.9 Å². The highest BCUT2D eigenvalue weighted by molar-refractivity contribution is 6.31. The van der Waals surface area contributed by atoms with Crippen molar-refractivity contribution in [3.63, 3.8) is 0 Å². The van der Waals surface area contributed by atoms with Gasteiger partial charge in [0.15, 0.2) is 5.82 Å². The molecular weight excluding hydrogens is 391 g/mol. The molecule has 2 aromatic heterocycles. The average molecular weight is 407 g/mol. The molecule has 0 fully saturated rings. The maximum atomic E-state index is 13.4. The third-order valence-electron chi connectivity index (χ3n) is 4.44. The van der Waals surface area contributed by atoms with Crippen LogP contribution < -0.4 is 4.90 Å². The summed E-state index contributed by atoms with van der Waals surface area (Å²) in [5.41, 5.74) is 3.52. The SMILES string of the molecule is CC(=O)N(c1cccc(Cl)c1)c1n[nH]c(-c2ccc(F)cc2)c1-c1ccncc1. The van der Waals surface area contributed by atoms with Gasteiger partial charge in [0.25, 0.3) is 0 Å². The molecule has 0 atom stereocenters. The van der Waals surface area contributed by atoms with Crippen LogP contribution in [0.25, 0.3) is 22.4 Å². The number of hydrogen-bond acceptors (Lipinski definition) is 3. The van der Waals surface area contributed by atoms with Crippen LogP contribution in [0.1, 0.15) is 6.92 Å². The van der Waals surface area contributed by atoms with Crippen molar-refractivity contribution in [3.05, 3.63) is 83.9 Å². The summed E-state index contributed by atoms with van der Waals surface area (Å²) in [4.78, 5) is 18.2. The predicted octanol–water partition coefficient (Wildman–Crippen LogP) is 5.62. The Kier molecular flexibility index (Phi) is 5.10. The van der Waals surface area contributed by atoms with Gasteiger partial charge < -0.3 is 0 Å². The van der Waals surface area contributed by atoms with Crippen LogP contribution in [-0.2, 0) is 4.79 Å². The van der Waals surface area contributed by atoms with Crippen LogP contribution in [0.3, 0.4) is 0 Å². The van der Waals surface area contributed by atoms with E-state index in [2.05, 4.69) is 15.2 Å². The first-order chi connectivity index (χ1) is 14.0. The quantitative estimate of drug-likeness (QED) is 0.478. The Labute approximate surface area is 171 Å². The number of hydrogen-bond donors (Lipinski definition) is 1. The molecule has 1 amide bonds. The van der Waals surface area contributed by atoms with Gasteiger partial charge in [0.05, 0.1) is 16.9 Å². The topological polar surface area (TPSA) is 61.9 Å². The smallest absolute Gasteiger partial charge is 0.229 e. The van der Waals surface area contributed by atoms with Gasteiger partial charge >= 0.3 is 0 Å². The number of halogens is 2. The van der Waals surface area contributed by atoms with Crippen molar-refractivity contribution >= 4 is 29.0 Å². The van der Waals surface area contributed by atoms with Gasteiger partial charge in [0.1, 0.15) is 5.82 Å². The number of nitrogens with zero attached hydrogens (tertiary/aromatic N) is 3. The van der Waals surface area contributed by atoms with Crippen LogP contribution >= 0.6 is 11.6 Å². The molecule has 0 saturated heterocycles. The van der Waals surface area contributed by atoms with Crippen molar-refractivity contribution < 1.29 is 9.18 Å². The van der Waals surface area contributed by atoms with Crippen LogP contribution in [0.5, 0.6) is 0 Å². The van der Waals surface area contributed by atoms with Crippen molar-refractivity contribution in [3.8, 4) is 22.4 Å². The summed E-state index contributed by atoms with van der Waals surface area (Å²) in [6.07, 6.45) is 3.33. The first-order valence-electron chi connectivity index (χ1n) is 8.85. The molecule has 0 saturated carbocycles. The lowest BCUT2D eigenvalue weighted by atomic mass is 10.0. The summed E-state index contributed by atoms with van der Waals surface area (Å²) in [5.74, 6) is -0.131. The largest absolute Gasteiger partial charge is 0.275 e. The van der Waals surface area contributed by atoms with E-state index in [1.54, 1.807) is 48.8 Å². The molecule has 2 aromatic carbocycles. The first kappa shape index (κ1) is 18.8. The van der Waals surface area contributed by atoms with Gasteiger partial charge in [-0.25, -0.2) is 4.39 Å². The van der Waals surface area contributed by atoms with E-state index in [0.29, 0.717) is 27.8 Å². The molecule has 1 N–H and O–H groups in total. The lowest BCUT2D eigenvalue weighted by molar-refractivity contribution is -0.115. The normalized spacial score (nSPS) is 10.7. The van der Waals surface area contributed by atoms with E-state index in [9.17, 15) is 9.18 Å². The summed E-state index contributed by atoms with van der Waals surface area (Å²) >= 11 is 6.14. The summed E-state index contributed by atoms with van der Waals surface area (Å²) < 4.78 is 13.4. The Morgan fingerprint density at radius 1 is 1.03 bits per heavy atom. The number of rotatable bonds is 4. The molecule has 29 heavy (non-hydrogen) atoms. The number of amides is 1. The third kappa shape index (κ3) is 3.75. The molecule has 0 unspecified atom stereocenters. The van der Waals surface area contributed by atoms with Gasteiger partial charge in [-0.3, -0.25) is 19.8 Å². The molecule has 0 aliphatic heterocycles. The van der Waals surface area contributed by atoms with E-state index in [1.165, 1.54) is 24.0 Å². The van der Waals surface area contributed by atoms with Crippen LogP contribution in [-0.4, -0.2) is 21.1 Å². The van der Waals surface area contributed by atoms with E-state index in [0.717, 1.165) is 11.1 Å². The average Bonchev–Trinajstić information content (AvgIpc) is 3.13. The zero-order valence-corrected chi connectivity index (χ0v) is 16.2. The minimum atomic E-state index is -0.330. The second kappa shape index (κ2) is 7.85. The lowest BCUT2D eigenvalue weighted by Gasteiger charge is -2.21. The number of anilines is 2. The van der Waals surface area contributed by atoms with Gasteiger partial charge in [-0.2, -0.15) is 5.10 Å². The number of pyridine rings is 1. The Morgan fingerprint density at radius 3 is 2.41 bits per heavy atom. The zero-order valence-electron chi connectivity index (χ0n) is 15.4. The fourth-order valence-electron chi connectivity index (χ4n) is 3.18. The van der Waals surface area contributed by atoms with Crippen LogP contribution in [0, 0.1) is 5.82 Å². The number of benzene rings is 2. The molecule has 0 spiro atoms. The maximum absolute atomic E-state index is 13.4. The molecule has 4 aromatic rings. The molecule has 5 nitrogen and oxygen atoms in total. The Morgan fingerprint density at radius 2 is 1.76 bits per heavy atom. The molecule has 144 valence electrons. The third-order valence-corrected chi connectivity index (χ3v) is 4.68. The van der Waals surface area contributed by atoms with Crippen LogP contribution in [0.2, 0.25) is 5.02 Å². The van der Waals surface area contributed by atoms with E-state index in [-0.39, 0.29) is 11.7 Å². The van der Waals surface area contributed by atoms with Crippen molar-refractivity contribution in [2.45, 2.75) is 6.92 Å². The van der Waals surface area contributed by atoms with Gasteiger partial charge in [-0.05, 0) is 60.2 Å². The number of carbonyl (C=O) groups excluding carboxylic acids is 1. The molecular formula is C22H16ClFN4O. The molecule has 4 rings (SSSR count). The molecule has 0 aliphatic carbocycles. The fourth-order valence-corrected chi connectivity index (χ4v) is 3.36. The number of nitrogens with one attached hydrogen (secondary N) is 1. The lowest BCUT2D eigenvalue weighted by Crippen LogP contribution is -2.23. The molecule has 0 radical (unpaired) electrons. The fraction of sp³-hybridized carbons (Fsp3) is 0.0455. The number of aromatic amines is 1. The van der Waals surface area contributed by atoms with Crippen molar-refractivity contribution in [1.82, 2.24) is 15.2 Å². The second-order valence-corrected chi connectivity index (χ2v) is 6.81. The minimum Gasteiger partial charge on any atom is -0.275 e. The van der Waals surface area contributed by atoms with E-state index in [1.807, 2.05) is 12.1 Å². The van der Waals surface area contributed by atoms with Gasteiger partial charge in [0, 0.05) is 29.9 Å². The van der Waals surface area contributed by atoms with Gasteiger partial charge in [0.2, 0.25) is 5.91 Å². The summed E-state index contributed by atoms with van der Waals surface area (Å²) in [7, 11) is 0. The maximum Gasteiger partial charge on any atom is 0.229 e. The molecule has 2 heterocycles. The Bertz CT molecular complexity index is 1160. The standard InChI is InChI=1S/C22H16ClFN4O/c1-14(29)28(19-4-2-3-17(23)13-19)22-20(15-9-11-25-12-10-15)21(26-27-22)16-5-7-18(24)8-6-16/h2-13H,1H3,(H,26,27). The van der Waals surface area contributed by atoms with Crippen molar-refractivity contribution in [2.75, 3.05) is 4.90 Å². The Balaban J connectivity index is 1.95. The number of H-pyrrole nitrogens is 1. The highest BCUT2D eigenvalue weighted by atomic mass is 35.5. The predicted molar refractivity (Wildman–Crippen MR) is 111 cm³/mol. The molecule has 0 bridgehead atoms. The molecule has 7 heteroatoms. The Hall–Kier alpha value is -3.51. The van der Waals surface area contributed by atoms with Gasteiger partial charge in [-0.15, -0.1) is 0 Å². The number of aromatic nitrogens is 3. The summed E-state index contributed by atoms with van der Waals surface area (Å²) in [6, 6.07) is 16.7. The van der Waals surface area contributed by atoms with E-state index < -0.39 is 0 Å². The minimum absolute atomic E-state index is 0.222. The van der Waals surface area contributed by atoms with Crippen LogP contribution in [0.15, 0.2) is 73.1 Å². The first-order valence-corrected chi connectivity index (χ1v) is 9.23. The van der Waals surface area contributed by atoms with Crippen molar-refractivity contribution in [2.24, 2.45) is 0 Å². The molecule has 0 aliphatic rings. The zero-order chi connectivity index (χ0) is 20.4. The highest BCUT2D eigenvalue weighted by Gasteiger charge is 2.25. The van der Waals surface area contributed by atoms with Gasteiger partial charge in [-0.1, -0.05) is 17.7 Å². The van der Waals surface area contributed by atoms with Crippen molar-refractivity contribution in [1.29, 1.82) is 0 Å². The summed E-state index contributed by atoms with van der Waals surface area (Å²) in [5, 5.41) is 7.96. The summed E-state index contributed by atoms with van der Waals surface area (Å²) in [6.45, 7) is 1.46.